The summed E-state index contributed by atoms with van der Waals surface area (Å²) in [5.74, 6) is 0.557. The van der Waals surface area contributed by atoms with E-state index in [0.717, 1.165) is 17.1 Å². The van der Waals surface area contributed by atoms with Gasteiger partial charge in [-0.2, -0.15) is 0 Å². The third kappa shape index (κ3) is 3.34. The second kappa shape index (κ2) is 5.69. The van der Waals surface area contributed by atoms with Crippen molar-refractivity contribution in [2.75, 3.05) is 0 Å². The minimum absolute atomic E-state index is 0.154. The van der Waals surface area contributed by atoms with Gasteiger partial charge >= 0.3 is 0 Å². The molecule has 94 valence electrons. The molecule has 0 aliphatic carbocycles. The summed E-state index contributed by atoms with van der Waals surface area (Å²) in [6.45, 7) is 4.58. The molecule has 2 rings (SSSR count). The van der Waals surface area contributed by atoms with Crippen LogP contribution in [0.4, 0.5) is 4.39 Å². The van der Waals surface area contributed by atoms with Gasteiger partial charge in [0.1, 0.15) is 11.6 Å². The van der Waals surface area contributed by atoms with E-state index in [-0.39, 0.29) is 11.9 Å². The number of benzene rings is 1. The molecule has 0 saturated carbocycles. The number of aromatic nitrogens is 2. The number of nitrogens with zero attached hydrogens (tertiary/aromatic N) is 2. The summed E-state index contributed by atoms with van der Waals surface area (Å²) in [6, 6.07) is 8.57. The summed E-state index contributed by atoms with van der Waals surface area (Å²) >= 11 is 0. The molecule has 1 atom stereocenters. The Labute approximate surface area is 106 Å². The molecule has 0 radical (unpaired) electrons. The molecule has 1 N–H and O–H groups in total. The van der Waals surface area contributed by atoms with Crippen molar-refractivity contribution >= 4 is 0 Å². The molecule has 0 amide bonds. The van der Waals surface area contributed by atoms with Gasteiger partial charge in [0.25, 0.3) is 0 Å². The quantitative estimate of drug-likeness (QED) is 0.900. The van der Waals surface area contributed by atoms with Gasteiger partial charge in [-0.25, -0.2) is 14.4 Å². The van der Waals surface area contributed by atoms with Gasteiger partial charge in [-0.3, -0.25) is 0 Å². The molecule has 1 heterocycles. The standard InChI is InChI=1S/C14H16FN3/c1-10(12-3-5-13(15)6-4-12)17-9-14-7-8-16-11(2)18-14/h3-8,10,17H,9H2,1-2H3. The fourth-order valence-corrected chi connectivity index (χ4v) is 1.73. The Kier molecular flexibility index (Phi) is 3.99. The molecule has 1 unspecified atom stereocenters. The van der Waals surface area contributed by atoms with Crippen molar-refractivity contribution in [2.45, 2.75) is 26.4 Å². The zero-order valence-electron chi connectivity index (χ0n) is 10.5. The lowest BCUT2D eigenvalue weighted by Gasteiger charge is -2.14. The summed E-state index contributed by atoms with van der Waals surface area (Å²) < 4.78 is 12.8. The highest BCUT2D eigenvalue weighted by molar-refractivity contribution is 5.19. The maximum atomic E-state index is 12.8. The van der Waals surface area contributed by atoms with E-state index in [1.807, 2.05) is 19.9 Å². The number of rotatable bonds is 4. The van der Waals surface area contributed by atoms with E-state index < -0.39 is 0 Å². The van der Waals surface area contributed by atoms with Gasteiger partial charge in [0.15, 0.2) is 0 Å². The van der Waals surface area contributed by atoms with Gasteiger partial charge in [0.2, 0.25) is 0 Å². The van der Waals surface area contributed by atoms with Crippen LogP contribution in [0.3, 0.4) is 0 Å². The van der Waals surface area contributed by atoms with Crippen molar-refractivity contribution < 1.29 is 4.39 Å². The normalized spacial score (nSPS) is 12.4. The predicted octanol–water partition coefficient (Wildman–Crippen LogP) is 2.77. The van der Waals surface area contributed by atoms with Crippen LogP contribution in [-0.2, 0) is 6.54 Å². The van der Waals surface area contributed by atoms with Gasteiger partial charge in [-0.15, -0.1) is 0 Å². The second-order valence-corrected chi connectivity index (χ2v) is 4.25. The van der Waals surface area contributed by atoms with Crippen molar-refractivity contribution in [3.8, 4) is 0 Å². The largest absolute Gasteiger partial charge is 0.305 e. The third-order valence-corrected chi connectivity index (χ3v) is 2.79. The van der Waals surface area contributed by atoms with Crippen LogP contribution < -0.4 is 5.32 Å². The zero-order valence-corrected chi connectivity index (χ0v) is 10.5. The number of aryl methyl sites for hydroxylation is 1. The van der Waals surface area contributed by atoms with Crippen LogP contribution in [0.15, 0.2) is 36.5 Å². The first-order valence-electron chi connectivity index (χ1n) is 5.92. The van der Waals surface area contributed by atoms with Crippen molar-refractivity contribution in [2.24, 2.45) is 0 Å². The molecule has 0 saturated heterocycles. The number of nitrogens with one attached hydrogen (secondary N) is 1. The minimum atomic E-state index is -0.211. The highest BCUT2D eigenvalue weighted by Gasteiger charge is 2.05. The molecule has 4 heteroatoms. The van der Waals surface area contributed by atoms with Gasteiger partial charge < -0.3 is 5.32 Å². The molecule has 18 heavy (non-hydrogen) atoms. The first-order valence-corrected chi connectivity index (χ1v) is 5.92. The van der Waals surface area contributed by atoms with E-state index in [0.29, 0.717) is 6.54 Å². The first-order chi connectivity index (χ1) is 8.65. The monoisotopic (exact) mass is 245 g/mol. The average Bonchev–Trinajstić information content (AvgIpc) is 2.37. The molecule has 1 aromatic heterocycles. The molecule has 0 bridgehead atoms. The number of hydrogen-bond acceptors (Lipinski definition) is 3. The Morgan fingerprint density at radius 1 is 1.22 bits per heavy atom. The maximum Gasteiger partial charge on any atom is 0.125 e. The summed E-state index contributed by atoms with van der Waals surface area (Å²) in [7, 11) is 0. The minimum Gasteiger partial charge on any atom is -0.305 e. The molecular weight excluding hydrogens is 229 g/mol. The summed E-state index contributed by atoms with van der Waals surface area (Å²) in [5, 5.41) is 3.35. The lowest BCUT2D eigenvalue weighted by atomic mass is 10.1. The smallest absolute Gasteiger partial charge is 0.125 e. The fraction of sp³-hybridized carbons (Fsp3) is 0.286. The lowest BCUT2D eigenvalue weighted by molar-refractivity contribution is 0.563. The van der Waals surface area contributed by atoms with E-state index in [9.17, 15) is 4.39 Å². The van der Waals surface area contributed by atoms with Crippen LogP contribution in [0.5, 0.6) is 0 Å². The second-order valence-electron chi connectivity index (χ2n) is 4.25. The topological polar surface area (TPSA) is 37.8 Å². The van der Waals surface area contributed by atoms with Crippen LogP contribution in [0.2, 0.25) is 0 Å². The van der Waals surface area contributed by atoms with E-state index in [1.165, 1.54) is 12.1 Å². The molecule has 0 aliphatic rings. The summed E-state index contributed by atoms with van der Waals surface area (Å²) in [4.78, 5) is 8.37. The van der Waals surface area contributed by atoms with E-state index >= 15 is 0 Å². The van der Waals surface area contributed by atoms with E-state index in [1.54, 1.807) is 18.3 Å². The Bertz CT molecular complexity index is 511. The van der Waals surface area contributed by atoms with E-state index in [4.69, 9.17) is 0 Å². The maximum absolute atomic E-state index is 12.8. The van der Waals surface area contributed by atoms with Crippen molar-refractivity contribution in [1.29, 1.82) is 0 Å². The van der Waals surface area contributed by atoms with Crippen LogP contribution >= 0.6 is 0 Å². The molecule has 0 spiro atoms. The summed E-state index contributed by atoms with van der Waals surface area (Å²) in [5.41, 5.74) is 2.01. The Morgan fingerprint density at radius 2 is 1.94 bits per heavy atom. The van der Waals surface area contributed by atoms with Gasteiger partial charge in [-0.05, 0) is 37.6 Å². The molecule has 1 aromatic carbocycles. The lowest BCUT2D eigenvalue weighted by Crippen LogP contribution is -2.19. The molecular formula is C14H16FN3. The van der Waals surface area contributed by atoms with Gasteiger partial charge in [0, 0.05) is 18.8 Å². The van der Waals surface area contributed by atoms with Crippen LogP contribution in [-0.4, -0.2) is 9.97 Å². The van der Waals surface area contributed by atoms with Gasteiger partial charge in [-0.1, -0.05) is 12.1 Å². The van der Waals surface area contributed by atoms with Crippen molar-refractivity contribution in [1.82, 2.24) is 15.3 Å². The predicted molar refractivity (Wildman–Crippen MR) is 68.4 cm³/mol. The van der Waals surface area contributed by atoms with Crippen LogP contribution in [0.25, 0.3) is 0 Å². The molecule has 3 nitrogen and oxygen atoms in total. The van der Waals surface area contributed by atoms with E-state index in [2.05, 4.69) is 15.3 Å². The highest BCUT2D eigenvalue weighted by Crippen LogP contribution is 2.13. The number of halogens is 1. The van der Waals surface area contributed by atoms with Crippen LogP contribution in [0, 0.1) is 12.7 Å². The summed E-state index contributed by atoms with van der Waals surface area (Å²) in [6.07, 6.45) is 1.75. The number of hydrogen-bond donors (Lipinski definition) is 1. The Hall–Kier alpha value is -1.81. The van der Waals surface area contributed by atoms with Crippen molar-refractivity contribution in [3.05, 3.63) is 59.4 Å². The third-order valence-electron chi connectivity index (χ3n) is 2.79. The highest BCUT2D eigenvalue weighted by atomic mass is 19.1. The first kappa shape index (κ1) is 12.6. The molecule has 0 fully saturated rings. The fourth-order valence-electron chi connectivity index (χ4n) is 1.73. The Morgan fingerprint density at radius 3 is 2.61 bits per heavy atom. The molecule has 2 aromatic rings. The zero-order chi connectivity index (χ0) is 13.0. The molecule has 0 aliphatic heterocycles. The van der Waals surface area contributed by atoms with Crippen LogP contribution in [0.1, 0.15) is 30.0 Å². The van der Waals surface area contributed by atoms with Gasteiger partial charge in [0.05, 0.1) is 5.69 Å². The Balaban J connectivity index is 1.96. The SMILES string of the molecule is Cc1nccc(CNC(C)c2ccc(F)cc2)n1. The van der Waals surface area contributed by atoms with Crippen molar-refractivity contribution in [3.63, 3.8) is 0 Å². The average molecular weight is 245 g/mol.